The van der Waals surface area contributed by atoms with Crippen molar-refractivity contribution in [2.24, 2.45) is 5.73 Å². The van der Waals surface area contributed by atoms with E-state index in [0.717, 1.165) is 18.4 Å². The predicted molar refractivity (Wildman–Crippen MR) is 71.3 cm³/mol. The molecule has 0 radical (unpaired) electrons. The average molecular weight is 251 g/mol. The Kier molecular flexibility index (Phi) is 4.36. The van der Waals surface area contributed by atoms with Gasteiger partial charge in [0, 0.05) is 13.0 Å². The van der Waals surface area contributed by atoms with E-state index in [4.69, 9.17) is 10.5 Å². The summed E-state index contributed by atoms with van der Waals surface area (Å²) in [6.07, 6.45) is 2.46. The summed E-state index contributed by atoms with van der Waals surface area (Å²) in [6, 6.07) is 8.16. The molecule has 0 saturated carbocycles. The van der Waals surface area contributed by atoms with Crippen LogP contribution in [0.25, 0.3) is 0 Å². The molecule has 2 rings (SSSR count). The molecule has 1 aromatic carbocycles. The van der Waals surface area contributed by atoms with E-state index in [1.54, 1.807) is 0 Å². The Hall–Kier alpha value is -0.930. The highest BCUT2D eigenvalue weighted by atomic mass is 19.1. The molecule has 0 amide bonds. The number of halogens is 1. The predicted octanol–water partition coefficient (Wildman–Crippen LogP) is 3.16. The molecule has 18 heavy (non-hydrogen) atoms. The van der Waals surface area contributed by atoms with E-state index in [1.807, 2.05) is 25.1 Å². The zero-order chi connectivity index (χ0) is 13.0. The third-order valence-corrected chi connectivity index (χ3v) is 3.71. The van der Waals surface area contributed by atoms with Gasteiger partial charge in [0.15, 0.2) is 0 Å². The van der Waals surface area contributed by atoms with E-state index in [1.165, 1.54) is 5.56 Å². The lowest BCUT2D eigenvalue weighted by molar-refractivity contribution is -0.00762. The van der Waals surface area contributed by atoms with Crippen LogP contribution in [0.3, 0.4) is 0 Å². The first-order chi connectivity index (χ1) is 8.68. The Balaban J connectivity index is 2.15. The summed E-state index contributed by atoms with van der Waals surface area (Å²) in [5.74, 6) is 0. The number of hydrogen-bond donors (Lipinski definition) is 1. The van der Waals surface area contributed by atoms with E-state index in [2.05, 4.69) is 6.07 Å². The summed E-state index contributed by atoms with van der Waals surface area (Å²) in [5, 5.41) is 0. The first kappa shape index (κ1) is 13.5. The number of benzene rings is 1. The number of fused-ring (bicyclic) bond motifs is 1. The maximum atomic E-state index is 14.6. The molecule has 2 atom stereocenters. The standard InChI is InChI=1S/C15H22FNO/c1-2-8-15(16,11-17)10-14-13-6-4-3-5-12(13)7-9-18-14/h3-6,14H,2,7-11,17H2,1H3. The van der Waals surface area contributed by atoms with Crippen LogP contribution in [0.1, 0.15) is 43.4 Å². The van der Waals surface area contributed by atoms with Gasteiger partial charge in [-0.25, -0.2) is 4.39 Å². The monoisotopic (exact) mass is 251 g/mol. The van der Waals surface area contributed by atoms with Crippen molar-refractivity contribution >= 4 is 0 Å². The van der Waals surface area contributed by atoms with Crippen LogP contribution >= 0.6 is 0 Å². The van der Waals surface area contributed by atoms with Crippen molar-refractivity contribution in [1.82, 2.24) is 0 Å². The largest absolute Gasteiger partial charge is 0.373 e. The topological polar surface area (TPSA) is 35.2 Å². The van der Waals surface area contributed by atoms with Gasteiger partial charge in [0.2, 0.25) is 0 Å². The van der Waals surface area contributed by atoms with Gasteiger partial charge in [-0.2, -0.15) is 0 Å². The fourth-order valence-corrected chi connectivity index (χ4v) is 2.71. The van der Waals surface area contributed by atoms with Gasteiger partial charge < -0.3 is 10.5 Å². The molecule has 0 aromatic heterocycles. The summed E-state index contributed by atoms with van der Waals surface area (Å²) < 4.78 is 20.3. The molecule has 0 fully saturated rings. The van der Waals surface area contributed by atoms with Crippen LogP contribution in [0, 0.1) is 0 Å². The van der Waals surface area contributed by atoms with Crippen molar-refractivity contribution < 1.29 is 9.13 Å². The normalized spacial score (nSPS) is 22.3. The Labute approximate surface area is 108 Å². The van der Waals surface area contributed by atoms with Crippen molar-refractivity contribution in [3.8, 4) is 0 Å². The fraction of sp³-hybridized carbons (Fsp3) is 0.600. The van der Waals surface area contributed by atoms with Crippen LogP contribution < -0.4 is 5.73 Å². The molecule has 1 aromatic rings. The molecular formula is C15H22FNO. The lowest BCUT2D eigenvalue weighted by Gasteiger charge is -2.32. The van der Waals surface area contributed by atoms with Gasteiger partial charge in [-0.15, -0.1) is 0 Å². The molecular weight excluding hydrogens is 229 g/mol. The number of rotatable bonds is 5. The second-order valence-electron chi connectivity index (χ2n) is 5.12. The summed E-state index contributed by atoms with van der Waals surface area (Å²) >= 11 is 0. The van der Waals surface area contributed by atoms with Gasteiger partial charge in [0.05, 0.1) is 12.7 Å². The highest BCUT2D eigenvalue weighted by molar-refractivity contribution is 5.31. The minimum Gasteiger partial charge on any atom is -0.373 e. The van der Waals surface area contributed by atoms with Gasteiger partial charge in [-0.1, -0.05) is 37.6 Å². The third kappa shape index (κ3) is 2.90. The minimum atomic E-state index is -1.30. The summed E-state index contributed by atoms with van der Waals surface area (Å²) in [5.41, 5.74) is 6.71. The SMILES string of the molecule is CCCC(F)(CN)CC1OCCc2ccccc21. The zero-order valence-electron chi connectivity index (χ0n) is 11.0. The number of ether oxygens (including phenoxy) is 1. The molecule has 100 valence electrons. The Morgan fingerprint density at radius 2 is 2.22 bits per heavy atom. The van der Waals surface area contributed by atoms with Gasteiger partial charge in [-0.05, 0) is 24.0 Å². The van der Waals surface area contributed by atoms with Crippen molar-refractivity contribution in [2.45, 2.75) is 44.4 Å². The quantitative estimate of drug-likeness (QED) is 0.872. The molecule has 2 unspecified atom stereocenters. The van der Waals surface area contributed by atoms with E-state index in [-0.39, 0.29) is 12.6 Å². The maximum absolute atomic E-state index is 14.6. The fourth-order valence-electron chi connectivity index (χ4n) is 2.71. The minimum absolute atomic E-state index is 0.0723. The van der Waals surface area contributed by atoms with Gasteiger partial charge in [0.1, 0.15) is 5.67 Å². The lowest BCUT2D eigenvalue weighted by atomic mass is 9.87. The molecule has 1 heterocycles. The van der Waals surface area contributed by atoms with E-state index in [9.17, 15) is 4.39 Å². The molecule has 3 heteroatoms. The number of hydrogen-bond acceptors (Lipinski definition) is 2. The second-order valence-corrected chi connectivity index (χ2v) is 5.12. The van der Waals surface area contributed by atoms with Gasteiger partial charge >= 0.3 is 0 Å². The highest BCUT2D eigenvalue weighted by Gasteiger charge is 2.33. The second kappa shape index (κ2) is 5.81. The Bertz CT molecular complexity index is 396. The summed E-state index contributed by atoms with van der Waals surface area (Å²) in [7, 11) is 0. The van der Waals surface area contributed by atoms with Crippen LogP contribution in [0.4, 0.5) is 4.39 Å². The average Bonchev–Trinajstić information content (AvgIpc) is 2.39. The molecule has 1 aliphatic rings. The van der Waals surface area contributed by atoms with Crippen molar-refractivity contribution in [1.29, 1.82) is 0 Å². The van der Waals surface area contributed by atoms with Crippen molar-refractivity contribution in [3.05, 3.63) is 35.4 Å². The maximum Gasteiger partial charge on any atom is 0.126 e. The van der Waals surface area contributed by atoms with E-state index in [0.29, 0.717) is 19.4 Å². The van der Waals surface area contributed by atoms with Crippen molar-refractivity contribution in [2.75, 3.05) is 13.2 Å². The highest BCUT2D eigenvalue weighted by Crippen LogP contribution is 2.36. The molecule has 2 nitrogen and oxygen atoms in total. The number of nitrogens with two attached hydrogens (primary N) is 1. The Morgan fingerprint density at radius 3 is 2.94 bits per heavy atom. The summed E-state index contributed by atoms with van der Waals surface area (Å²) in [4.78, 5) is 0. The first-order valence-electron chi connectivity index (χ1n) is 6.77. The van der Waals surface area contributed by atoms with Crippen LogP contribution in [-0.4, -0.2) is 18.8 Å². The zero-order valence-corrected chi connectivity index (χ0v) is 11.0. The van der Waals surface area contributed by atoms with Crippen LogP contribution in [0.5, 0.6) is 0 Å². The smallest absolute Gasteiger partial charge is 0.126 e. The van der Waals surface area contributed by atoms with Crippen LogP contribution in [0.15, 0.2) is 24.3 Å². The molecule has 2 N–H and O–H groups in total. The van der Waals surface area contributed by atoms with Crippen LogP contribution in [0.2, 0.25) is 0 Å². The first-order valence-corrected chi connectivity index (χ1v) is 6.77. The van der Waals surface area contributed by atoms with E-state index >= 15 is 0 Å². The third-order valence-electron chi connectivity index (χ3n) is 3.71. The molecule has 1 aliphatic heterocycles. The Morgan fingerprint density at radius 1 is 1.44 bits per heavy atom. The molecule has 0 bridgehead atoms. The van der Waals surface area contributed by atoms with E-state index < -0.39 is 5.67 Å². The van der Waals surface area contributed by atoms with Crippen LogP contribution in [-0.2, 0) is 11.2 Å². The van der Waals surface area contributed by atoms with Gasteiger partial charge in [0.25, 0.3) is 0 Å². The lowest BCUT2D eigenvalue weighted by Crippen LogP contribution is -2.36. The number of alkyl halides is 1. The van der Waals surface area contributed by atoms with Gasteiger partial charge in [-0.3, -0.25) is 0 Å². The molecule has 0 spiro atoms. The van der Waals surface area contributed by atoms with Crippen molar-refractivity contribution in [3.63, 3.8) is 0 Å². The molecule has 0 saturated heterocycles. The summed E-state index contributed by atoms with van der Waals surface area (Å²) in [6.45, 7) is 2.73. The molecule has 0 aliphatic carbocycles.